The van der Waals surface area contributed by atoms with Gasteiger partial charge in [0.05, 0.1) is 19.9 Å². The maximum atomic E-state index is 12.1. The van der Waals surface area contributed by atoms with Gasteiger partial charge in [-0.15, -0.1) is 5.10 Å². The van der Waals surface area contributed by atoms with Crippen LogP contribution in [0.5, 0.6) is 23.0 Å². The van der Waals surface area contributed by atoms with Gasteiger partial charge in [0, 0.05) is 12.5 Å². The van der Waals surface area contributed by atoms with Crippen molar-refractivity contribution in [2.45, 2.75) is 12.8 Å². The number of hydrogen-bond acceptors (Lipinski definition) is 6. The van der Waals surface area contributed by atoms with E-state index in [4.69, 9.17) is 14.2 Å². The fraction of sp³-hybridized carbons (Fsp3) is 0.211. The smallest absolute Gasteiger partial charge is 0.276 e. The maximum absolute atomic E-state index is 12.1. The van der Waals surface area contributed by atoms with Crippen molar-refractivity contribution in [1.82, 2.24) is 14.8 Å². The predicted molar refractivity (Wildman–Crippen MR) is 94.7 cm³/mol. The molecule has 0 saturated heterocycles. The van der Waals surface area contributed by atoms with Gasteiger partial charge in [0.15, 0.2) is 11.5 Å². The van der Waals surface area contributed by atoms with E-state index in [0.717, 1.165) is 17.7 Å². The molecule has 4 rings (SSSR count). The molecule has 132 valence electrons. The van der Waals surface area contributed by atoms with E-state index < -0.39 is 0 Å². The number of rotatable bonds is 4. The number of nitrogens with zero attached hydrogens (tertiary/aromatic N) is 3. The van der Waals surface area contributed by atoms with Crippen LogP contribution in [0.2, 0.25) is 0 Å². The van der Waals surface area contributed by atoms with Crippen LogP contribution < -0.4 is 19.8 Å². The molecule has 2 heterocycles. The van der Waals surface area contributed by atoms with Crippen molar-refractivity contribution in [3.05, 3.63) is 64.3 Å². The molecule has 0 unspecified atom stereocenters. The highest BCUT2D eigenvalue weighted by Crippen LogP contribution is 2.34. The van der Waals surface area contributed by atoms with Gasteiger partial charge in [-0.1, -0.05) is 0 Å². The van der Waals surface area contributed by atoms with Crippen molar-refractivity contribution in [1.29, 1.82) is 0 Å². The molecule has 0 bridgehead atoms. The van der Waals surface area contributed by atoms with E-state index in [2.05, 4.69) is 10.2 Å². The van der Waals surface area contributed by atoms with Gasteiger partial charge in [-0.2, -0.15) is 5.10 Å². The van der Waals surface area contributed by atoms with Crippen LogP contribution >= 0.6 is 0 Å². The molecule has 0 spiro atoms. The van der Waals surface area contributed by atoms with Crippen LogP contribution in [0.4, 0.5) is 0 Å². The first-order valence-electron chi connectivity index (χ1n) is 8.16. The zero-order valence-electron chi connectivity index (χ0n) is 14.4. The number of benzene rings is 2. The molecule has 1 aliphatic heterocycles. The van der Waals surface area contributed by atoms with Gasteiger partial charge in [0.25, 0.3) is 5.56 Å². The Labute approximate surface area is 149 Å². The zero-order chi connectivity index (χ0) is 18.1. The lowest BCUT2D eigenvalue weighted by Gasteiger charge is -2.20. The van der Waals surface area contributed by atoms with Crippen molar-refractivity contribution in [2.24, 2.45) is 0 Å². The molecule has 0 amide bonds. The Hall–Kier alpha value is -3.35. The fourth-order valence-corrected chi connectivity index (χ4v) is 3.10. The van der Waals surface area contributed by atoms with Crippen LogP contribution in [0.3, 0.4) is 0 Å². The zero-order valence-corrected chi connectivity index (χ0v) is 14.4. The molecular formula is C19H17N3O4. The summed E-state index contributed by atoms with van der Waals surface area (Å²) in [6.07, 6.45) is 2.67. The van der Waals surface area contributed by atoms with Crippen LogP contribution in [0.1, 0.15) is 11.4 Å². The average molecular weight is 351 g/mol. The monoisotopic (exact) mass is 351 g/mol. The minimum atomic E-state index is -0.176. The molecule has 0 radical (unpaired) electrons. The van der Waals surface area contributed by atoms with Gasteiger partial charge in [-0.05, 0) is 42.3 Å². The highest BCUT2D eigenvalue weighted by atomic mass is 16.5. The highest BCUT2D eigenvalue weighted by Gasteiger charge is 2.19. The molecule has 2 aromatic carbocycles. The third kappa shape index (κ3) is 2.77. The Bertz CT molecular complexity index is 1030. The molecule has 0 N–H and O–H groups in total. The first-order valence-corrected chi connectivity index (χ1v) is 8.16. The predicted octanol–water partition coefficient (Wildman–Crippen LogP) is 2.54. The molecule has 1 aromatic heterocycles. The Morgan fingerprint density at radius 1 is 0.962 bits per heavy atom. The van der Waals surface area contributed by atoms with Crippen LogP contribution in [0.25, 0.3) is 5.69 Å². The number of ether oxygens (including phenoxy) is 3. The summed E-state index contributed by atoms with van der Waals surface area (Å²) >= 11 is 0. The summed E-state index contributed by atoms with van der Waals surface area (Å²) in [5, 5.41) is 7.80. The van der Waals surface area contributed by atoms with E-state index in [1.54, 1.807) is 30.9 Å². The summed E-state index contributed by atoms with van der Waals surface area (Å²) in [4.78, 5) is 12.1. The van der Waals surface area contributed by atoms with Crippen molar-refractivity contribution >= 4 is 0 Å². The van der Waals surface area contributed by atoms with Crippen LogP contribution in [-0.4, -0.2) is 29.0 Å². The topological polar surface area (TPSA) is 75.5 Å². The second-order valence-electron chi connectivity index (χ2n) is 5.84. The molecule has 7 heteroatoms. The number of fused-ring (bicyclic) bond motifs is 3. The van der Waals surface area contributed by atoms with Crippen molar-refractivity contribution < 1.29 is 14.2 Å². The van der Waals surface area contributed by atoms with Gasteiger partial charge < -0.3 is 14.2 Å². The average Bonchev–Trinajstić information content (AvgIpc) is 2.67. The van der Waals surface area contributed by atoms with Crippen LogP contribution in [-0.2, 0) is 12.8 Å². The van der Waals surface area contributed by atoms with Crippen molar-refractivity contribution in [3.8, 4) is 28.7 Å². The summed E-state index contributed by atoms with van der Waals surface area (Å²) in [5.74, 6) is 3.25. The molecule has 1 aliphatic rings. The first-order chi connectivity index (χ1) is 12.7. The van der Waals surface area contributed by atoms with Gasteiger partial charge >= 0.3 is 0 Å². The lowest BCUT2D eigenvalue weighted by molar-refractivity contribution is 0.352. The summed E-state index contributed by atoms with van der Waals surface area (Å²) in [6, 6.07) is 11.0. The summed E-state index contributed by atoms with van der Waals surface area (Å²) < 4.78 is 18.1. The Morgan fingerprint density at radius 2 is 1.73 bits per heavy atom. The lowest BCUT2D eigenvalue weighted by atomic mass is 10.0. The summed E-state index contributed by atoms with van der Waals surface area (Å²) in [5.41, 5.74) is 1.68. The standard InChI is InChI=1S/C19H17N3O4/c1-24-16-7-5-14(10-17(16)25-2)26-13-4-6-15-12(9-13)3-8-18-21-20-11-19(23)22(15)18/h4-7,9-11H,3,8H2,1-2H3. The van der Waals surface area contributed by atoms with E-state index >= 15 is 0 Å². The summed E-state index contributed by atoms with van der Waals surface area (Å²) in [6.45, 7) is 0. The van der Waals surface area contributed by atoms with Gasteiger partial charge in [-0.3, -0.25) is 9.36 Å². The molecule has 0 atom stereocenters. The number of methoxy groups -OCH3 is 2. The number of aryl methyl sites for hydroxylation is 2. The SMILES string of the molecule is COc1ccc(Oc2ccc3c(c2)CCc2nncc(=O)n2-3)cc1OC. The highest BCUT2D eigenvalue weighted by molar-refractivity contribution is 5.51. The Kier molecular flexibility index (Phi) is 4.04. The lowest BCUT2D eigenvalue weighted by Crippen LogP contribution is -2.28. The van der Waals surface area contributed by atoms with Crippen molar-refractivity contribution in [3.63, 3.8) is 0 Å². The molecular weight excluding hydrogens is 334 g/mol. The second-order valence-corrected chi connectivity index (χ2v) is 5.84. The van der Waals surface area contributed by atoms with Crippen molar-refractivity contribution in [2.75, 3.05) is 14.2 Å². The van der Waals surface area contributed by atoms with E-state index in [1.165, 1.54) is 6.20 Å². The van der Waals surface area contributed by atoms with Crippen LogP contribution in [0, 0.1) is 0 Å². The quantitative estimate of drug-likeness (QED) is 0.719. The number of hydrogen-bond donors (Lipinski definition) is 0. The fourth-order valence-electron chi connectivity index (χ4n) is 3.10. The largest absolute Gasteiger partial charge is 0.493 e. The van der Waals surface area contributed by atoms with E-state index in [-0.39, 0.29) is 5.56 Å². The number of aromatic nitrogens is 3. The first kappa shape index (κ1) is 16.1. The van der Waals surface area contributed by atoms with Gasteiger partial charge in [0.2, 0.25) is 0 Å². The molecule has 7 nitrogen and oxygen atoms in total. The van der Waals surface area contributed by atoms with Crippen LogP contribution in [0.15, 0.2) is 47.4 Å². The Morgan fingerprint density at radius 3 is 2.54 bits per heavy atom. The molecule has 26 heavy (non-hydrogen) atoms. The second kappa shape index (κ2) is 6.51. The van der Waals surface area contributed by atoms with E-state index in [1.807, 2.05) is 24.3 Å². The third-order valence-electron chi connectivity index (χ3n) is 4.32. The third-order valence-corrected chi connectivity index (χ3v) is 4.32. The Balaban J connectivity index is 1.67. The maximum Gasteiger partial charge on any atom is 0.276 e. The molecule has 0 fully saturated rings. The molecule has 0 aliphatic carbocycles. The van der Waals surface area contributed by atoms with Gasteiger partial charge in [0.1, 0.15) is 23.5 Å². The van der Waals surface area contributed by atoms with Gasteiger partial charge in [-0.25, -0.2) is 0 Å². The molecule has 3 aromatic rings. The van der Waals surface area contributed by atoms with E-state index in [0.29, 0.717) is 35.2 Å². The summed E-state index contributed by atoms with van der Waals surface area (Å²) in [7, 11) is 3.17. The van der Waals surface area contributed by atoms with E-state index in [9.17, 15) is 4.79 Å². The molecule has 0 saturated carbocycles. The minimum Gasteiger partial charge on any atom is -0.493 e. The normalized spacial score (nSPS) is 12.1. The minimum absolute atomic E-state index is 0.176.